The highest BCUT2D eigenvalue weighted by Crippen LogP contribution is 2.30. The van der Waals surface area contributed by atoms with Gasteiger partial charge in [-0.15, -0.1) is 0 Å². The standard InChI is InChI=1S/C19H28N4O2/c1-13(2)16-11-23(12-17(16)21-14(3)24)18-15(7-6-8-20-18)19(25)22-9-4-5-10-22/h6-8,13,16-17H,4-5,9-12H2,1-3H3,(H,21,24)/t16-,17+/m0/s1. The summed E-state index contributed by atoms with van der Waals surface area (Å²) in [6.45, 7) is 9.07. The van der Waals surface area contributed by atoms with Crippen LogP contribution >= 0.6 is 0 Å². The number of carbonyl (C=O) groups is 2. The van der Waals surface area contributed by atoms with E-state index in [0.29, 0.717) is 23.9 Å². The summed E-state index contributed by atoms with van der Waals surface area (Å²) < 4.78 is 0. The van der Waals surface area contributed by atoms with Gasteiger partial charge in [-0.25, -0.2) is 4.98 Å². The minimum Gasteiger partial charge on any atom is -0.354 e. The highest BCUT2D eigenvalue weighted by molar-refractivity contribution is 5.99. The van der Waals surface area contributed by atoms with E-state index in [9.17, 15) is 9.59 Å². The molecule has 1 aromatic rings. The Kier molecular flexibility index (Phi) is 5.25. The topological polar surface area (TPSA) is 65.5 Å². The number of anilines is 1. The van der Waals surface area contributed by atoms with Crippen LogP contribution in [0.5, 0.6) is 0 Å². The molecule has 0 saturated carbocycles. The Balaban J connectivity index is 1.84. The van der Waals surface area contributed by atoms with Gasteiger partial charge in [-0.2, -0.15) is 0 Å². The monoisotopic (exact) mass is 344 g/mol. The molecule has 2 fully saturated rings. The normalized spacial score (nSPS) is 23.4. The Morgan fingerprint density at radius 3 is 2.60 bits per heavy atom. The SMILES string of the molecule is CC(=O)N[C@@H]1CN(c2ncccc2C(=O)N2CCCC2)C[C@H]1C(C)C. The first-order valence-corrected chi connectivity index (χ1v) is 9.23. The molecule has 6 heteroatoms. The molecule has 3 heterocycles. The zero-order valence-electron chi connectivity index (χ0n) is 15.4. The van der Waals surface area contributed by atoms with Crippen LogP contribution in [0.1, 0.15) is 44.0 Å². The summed E-state index contributed by atoms with van der Waals surface area (Å²) in [4.78, 5) is 33.0. The smallest absolute Gasteiger partial charge is 0.257 e. The van der Waals surface area contributed by atoms with E-state index in [-0.39, 0.29) is 17.9 Å². The van der Waals surface area contributed by atoms with Crippen molar-refractivity contribution in [3.63, 3.8) is 0 Å². The maximum atomic E-state index is 12.9. The zero-order chi connectivity index (χ0) is 18.0. The lowest BCUT2D eigenvalue weighted by atomic mass is 9.91. The summed E-state index contributed by atoms with van der Waals surface area (Å²) in [5, 5.41) is 3.07. The predicted molar refractivity (Wildman–Crippen MR) is 97.5 cm³/mol. The van der Waals surface area contributed by atoms with Gasteiger partial charge in [0.25, 0.3) is 5.91 Å². The van der Waals surface area contributed by atoms with E-state index in [4.69, 9.17) is 0 Å². The van der Waals surface area contributed by atoms with Crippen molar-refractivity contribution >= 4 is 17.6 Å². The third-order valence-corrected chi connectivity index (χ3v) is 5.32. The van der Waals surface area contributed by atoms with Gasteiger partial charge in [-0.3, -0.25) is 9.59 Å². The molecule has 1 N–H and O–H groups in total. The Morgan fingerprint density at radius 1 is 1.24 bits per heavy atom. The van der Waals surface area contributed by atoms with Crippen LogP contribution in [-0.2, 0) is 4.79 Å². The third kappa shape index (κ3) is 3.78. The maximum absolute atomic E-state index is 12.9. The summed E-state index contributed by atoms with van der Waals surface area (Å²) in [5.41, 5.74) is 0.676. The predicted octanol–water partition coefficient (Wildman–Crippen LogP) is 1.91. The number of rotatable bonds is 4. The fraction of sp³-hybridized carbons (Fsp3) is 0.632. The van der Waals surface area contributed by atoms with Crippen molar-refractivity contribution in [2.45, 2.75) is 39.7 Å². The number of nitrogens with one attached hydrogen (secondary N) is 1. The first-order chi connectivity index (χ1) is 12.0. The summed E-state index contributed by atoms with van der Waals surface area (Å²) in [6.07, 6.45) is 3.89. The van der Waals surface area contributed by atoms with Crippen molar-refractivity contribution in [3.8, 4) is 0 Å². The minimum absolute atomic E-state index is 0.00751. The molecule has 0 aliphatic carbocycles. The molecule has 2 atom stereocenters. The van der Waals surface area contributed by atoms with Gasteiger partial charge < -0.3 is 15.1 Å². The summed E-state index contributed by atoms with van der Waals surface area (Å²) in [7, 11) is 0. The summed E-state index contributed by atoms with van der Waals surface area (Å²) in [6, 6.07) is 3.79. The van der Waals surface area contributed by atoms with Gasteiger partial charge in [0.2, 0.25) is 5.91 Å². The van der Waals surface area contributed by atoms with Crippen LogP contribution in [0, 0.1) is 11.8 Å². The van der Waals surface area contributed by atoms with Crippen molar-refractivity contribution in [2.24, 2.45) is 11.8 Å². The Hall–Kier alpha value is -2.11. The van der Waals surface area contributed by atoms with Crippen molar-refractivity contribution < 1.29 is 9.59 Å². The van der Waals surface area contributed by atoms with Crippen LogP contribution in [0.3, 0.4) is 0 Å². The maximum Gasteiger partial charge on any atom is 0.257 e. The number of pyridine rings is 1. The minimum atomic E-state index is -0.00751. The molecular formula is C19H28N4O2. The van der Waals surface area contributed by atoms with E-state index in [2.05, 4.69) is 29.0 Å². The van der Waals surface area contributed by atoms with Crippen LogP contribution in [0.25, 0.3) is 0 Å². The Labute approximate surface area is 149 Å². The number of nitrogens with zero attached hydrogens (tertiary/aromatic N) is 3. The van der Waals surface area contributed by atoms with Gasteiger partial charge in [-0.05, 0) is 30.9 Å². The average Bonchev–Trinajstić information content (AvgIpc) is 3.23. The van der Waals surface area contributed by atoms with Gasteiger partial charge in [0.05, 0.1) is 11.6 Å². The molecule has 6 nitrogen and oxygen atoms in total. The fourth-order valence-electron chi connectivity index (χ4n) is 4.00. The number of aromatic nitrogens is 1. The second kappa shape index (κ2) is 7.42. The quantitative estimate of drug-likeness (QED) is 0.906. The highest BCUT2D eigenvalue weighted by atomic mass is 16.2. The largest absolute Gasteiger partial charge is 0.354 e. The second-order valence-corrected chi connectivity index (χ2v) is 7.49. The first kappa shape index (κ1) is 17.7. The highest BCUT2D eigenvalue weighted by Gasteiger charge is 2.37. The molecule has 136 valence electrons. The van der Waals surface area contributed by atoms with Crippen molar-refractivity contribution in [1.29, 1.82) is 0 Å². The van der Waals surface area contributed by atoms with E-state index < -0.39 is 0 Å². The number of likely N-dealkylation sites (tertiary alicyclic amines) is 1. The van der Waals surface area contributed by atoms with Gasteiger partial charge in [0.15, 0.2) is 0 Å². The molecule has 2 saturated heterocycles. The molecule has 0 unspecified atom stereocenters. The molecule has 0 aromatic carbocycles. The molecule has 0 spiro atoms. The van der Waals surface area contributed by atoms with E-state index in [1.807, 2.05) is 17.0 Å². The number of carbonyl (C=O) groups excluding carboxylic acids is 2. The molecule has 2 aliphatic heterocycles. The first-order valence-electron chi connectivity index (χ1n) is 9.23. The van der Waals surface area contributed by atoms with E-state index >= 15 is 0 Å². The third-order valence-electron chi connectivity index (χ3n) is 5.32. The molecule has 25 heavy (non-hydrogen) atoms. The summed E-state index contributed by atoms with van der Waals surface area (Å²) in [5.74, 6) is 1.61. The Bertz CT molecular complexity index is 640. The lowest BCUT2D eigenvalue weighted by Gasteiger charge is -2.23. The van der Waals surface area contributed by atoms with Crippen LogP contribution in [0.2, 0.25) is 0 Å². The van der Waals surface area contributed by atoms with Crippen molar-refractivity contribution in [1.82, 2.24) is 15.2 Å². The molecule has 1 aromatic heterocycles. The van der Waals surface area contributed by atoms with E-state index in [1.54, 1.807) is 13.1 Å². The van der Waals surface area contributed by atoms with E-state index in [1.165, 1.54) is 0 Å². The van der Waals surface area contributed by atoms with Crippen LogP contribution in [0.4, 0.5) is 5.82 Å². The molecule has 2 aliphatic rings. The fourth-order valence-corrected chi connectivity index (χ4v) is 4.00. The molecule has 2 amide bonds. The van der Waals surface area contributed by atoms with Gasteiger partial charge >= 0.3 is 0 Å². The van der Waals surface area contributed by atoms with Crippen LogP contribution in [0.15, 0.2) is 18.3 Å². The molecule has 0 radical (unpaired) electrons. The van der Waals surface area contributed by atoms with Crippen molar-refractivity contribution in [3.05, 3.63) is 23.9 Å². The van der Waals surface area contributed by atoms with Crippen LogP contribution in [-0.4, -0.2) is 53.9 Å². The lowest BCUT2D eigenvalue weighted by Crippen LogP contribution is -2.41. The van der Waals surface area contributed by atoms with E-state index in [0.717, 1.165) is 38.3 Å². The lowest BCUT2D eigenvalue weighted by molar-refractivity contribution is -0.119. The molecular weight excluding hydrogens is 316 g/mol. The zero-order valence-corrected chi connectivity index (χ0v) is 15.4. The van der Waals surface area contributed by atoms with Crippen LogP contribution < -0.4 is 10.2 Å². The van der Waals surface area contributed by atoms with Gasteiger partial charge in [0.1, 0.15) is 5.82 Å². The van der Waals surface area contributed by atoms with Crippen molar-refractivity contribution in [2.75, 3.05) is 31.1 Å². The Morgan fingerprint density at radius 2 is 1.96 bits per heavy atom. The number of hydrogen-bond donors (Lipinski definition) is 1. The second-order valence-electron chi connectivity index (χ2n) is 7.49. The number of amides is 2. The number of hydrogen-bond acceptors (Lipinski definition) is 4. The summed E-state index contributed by atoms with van der Waals surface area (Å²) >= 11 is 0. The molecule has 3 rings (SSSR count). The van der Waals surface area contributed by atoms with Gasteiger partial charge in [-0.1, -0.05) is 13.8 Å². The average molecular weight is 344 g/mol. The molecule has 0 bridgehead atoms. The van der Waals surface area contributed by atoms with Gasteiger partial charge in [0, 0.05) is 45.2 Å².